The molecule has 41 heavy (non-hydrogen) atoms. The number of hydrogen-bond donors (Lipinski definition) is 1. The van der Waals surface area contributed by atoms with E-state index >= 15 is 4.39 Å². The van der Waals surface area contributed by atoms with Crippen LogP contribution in [0.3, 0.4) is 0 Å². The van der Waals surface area contributed by atoms with Gasteiger partial charge in [0, 0.05) is 64.5 Å². The molecule has 4 heterocycles. The molecule has 12 heteroatoms. The number of fused-ring (bicyclic) bond motifs is 9. The van der Waals surface area contributed by atoms with Crippen molar-refractivity contribution in [1.82, 2.24) is 24.5 Å². The van der Waals surface area contributed by atoms with Crippen LogP contribution in [0, 0.1) is 22.6 Å². The molecule has 2 aliphatic carbocycles. The number of amides is 1. The van der Waals surface area contributed by atoms with Gasteiger partial charge in [-0.25, -0.2) is 13.9 Å². The summed E-state index contributed by atoms with van der Waals surface area (Å²) < 4.78 is 72.7. The maximum Gasteiger partial charge on any atom is 0.387 e. The first kappa shape index (κ1) is 22.2. The molecule has 1 aliphatic heterocycles. The summed E-state index contributed by atoms with van der Waals surface area (Å²) in [4.78, 5) is 23.2. The maximum atomic E-state index is 15.3. The van der Waals surface area contributed by atoms with Gasteiger partial charge in [-0.05, 0) is 37.6 Å². The molecule has 1 saturated carbocycles. The Bertz CT molecular complexity index is 1920. The number of alkyl halides is 2. The number of carbonyl (C=O) groups excluding carboxylic acids is 1. The number of aliphatic hydroxyl groups is 1. The van der Waals surface area contributed by atoms with Gasteiger partial charge in [0.1, 0.15) is 22.9 Å². The number of aromatic nitrogens is 4. The zero-order chi connectivity index (χ0) is 31.3. The average molecular weight is 564 g/mol. The molecule has 208 valence electrons. The van der Waals surface area contributed by atoms with E-state index < -0.39 is 48.3 Å². The minimum absolute atomic E-state index is 0.0446. The van der Waals surface area contributed by atoms with Crippen LogP contribution < -0.4 is 4.74 Å². The van der Waals surface area contributed by atoms with Crippen LogP contribution in [-0.4, -0.2) is 49.1 Å². The third kappa shape index (κ3) is 3.65. The van der Waals surface area contributed by atoms with Crippen molar-refractivity contribution in [2.24, 2.45) is 5.41 Å². The van der Waals surface area contributed by atoms with Gasteiger partial charge < -0.3 is 14.7 Å². The van der Waals surface area contributed by atoms with Crippen LogP contribution >= 0.6 is 0 Å². The van der Waals surface area contributed by atoms with E-state index in [4.69, 9.17) is 13.8 Å². The molecule has 2 atom stereocenters. The van der Waals surface area contributed by atoms with Crippen molar-refractivity contribution in [3.8, 4) is 23.1 Å². The van der Waals surface area contributed by atoms with Crippen molar-refractivity contribution in [3.05, 3.63) is 76.6 Å². The Morgan fingerprint density at radius 2 is 2.10 bits per heavy atom. The summed E-state index contributed by atoms with van der Waals surface area (Å²) in [5, 5.41) is 24.7. The van der Waals surface area contributed by atoms with Gasteiger partial charge >= 0.3 is 6.61 Å². The largest absolute Gasteiger partial charge is 0.434 e. The van der Waals surface area contributed by atoms with E-state index in [1.54, 1.807) is 13.0 Å². The Morgan fingerprint density at radius 3 is 2.80 bits per heavy atom. The molecule has 0 unspecified atom stereocenters. The van der Waals surface area contributed by atoms with Gasteiger partial charge in [-0.2, -0.15) is 19.1 Å². The first-order chi connectivity index (χ1) is 20.7. The zero-order valence-corrected chi connectivity index (χ0v) is 21.5. The summed E-state index contributed by atoms with van der Waals surface area (Å²) in [6.45, 7) is -4.38. The van der Waals surface area contributed by atoms with Gasteiger partial charge in [-0.3, -0.25) is 9.78 Å². The molecule has 2 bridgehead atoms. The van der Waals surface area contributed by atoms with Crippen LogP contribution in [0.2, 0.25) is 0 Å². The summed E-state index contributed by atoms with van der Waals surface area (Å²) in [7, 11) is 0. The molecule has 3 aliphatic rings. The van der Waals surface area contributed by atoms with Gasteiger partial charge in [0.05, 0.1) is 28.9 Å². The van der Waals surface area contributed by atoms with Crippen LogP contribution in [0.4, 0.5) is 13.2 Å². The fourth-order valence-corrected chi connectivity index (χ4v) is 6.61. The lowest BCUT2D eigenvalue weighted by Gasteiger charge is -2.46. The number of pyridine rings is 1. The smallest absolute Gasteiger partial charge is 0.387 e. The number of rotatable bonds is 4. The third-order valence-corrected chi connectivity index (χ3v) is 8.28. The minimum Gasteiger partial charge on any atom is -0.434 e. The average Bonchev–Trinajstić information content (AvgIpc) is 3.43. The van der Waals surface area contributed by atoms with Crippen LogP contribution in [-0.2, 0) is 5.60 Å². The summed E-state index contributed by atoms with van der Waals surface area (Å²) in [5.74, 6) is -2.65. The Kier molecular flexibility index (Phi) is 4.61. The van der Waals surface area contributed by atoms with Crippen molar-refractivity contribution >= 4 is 11.6 Å². The number of hydrogen-bond acceptors (Lipinski definition) is 7. The van der Waals surface area contributed by atoms with Crippen molar-refractivity contribution in [1.29, 1.82) is 5.26 Å². The first-order valence-corrected chi connectivity index (χ1v) is 12.8. The Morgan fingerprint density at radius 1 is 1.29 bits per heavy atom. The van der Waals surface area contributed by atoms with Crippen molar-refractivity contribution in [3.63, 3.8) is 0 Å². The molecule has 0 radical (unpaired) electrons. The summed E-state index contributed by atoms with van der Waals surface area (Å²) >= 11 is 0. The van der Waals surface area contributed by atoms with E-state index in [0.29, 0.717) is 5.56 Å². The first-order valence-electron chi connectivity index (χ1n) is 14.3. The van der Waals surface area contributed by atoms with E-state index in [1.165, 1.54) is 41.2 Å². The highest BCUT2D eigenvalue weighted by Gasteiger charge is 2.54. The van der Waals surface area contributed by atoms with Crippen LogP contribution in [0.5, 0.6) is 5.75 Å². The molecule has 1 amide bonds. The Labute approximate surface area is 236 Å². The molecule has 0 spiro atoms. The number of nitrogens with zero attached hydrogens (tertiary/aromatic N) is 6. The molecule has 7 rings (SSSR count). The fourth-order valence-electron chi connectivity index (χ4n) is 6.61. The summed E-state index contributed by atoms with van der Waals surface area (Å²) in [5.41, 5.74) is -0.950. The predicted octanol–water partition coefficient (Wildman–Crippen LogP) is 4.71. The topological polar surface area (TPSA) is 117 Å². The van der Waals surface area contributed by atoms with Gasteiger partial charge in [0.25, 0.3) is 5.91 Å². The van der Waals surface area contributed by atoms with Crippen molar-refractivity contribution < 1.29 is 31.9 Å². The summed E-state index contributed by atoms with van der Waals surface area (Å²) in [6, 6.07) is 7.87. The molecular formula is C29H23F3N6O3. The number of benzene rings is 1. The quantitative estimate of drug-likeness (QED) is 0.382. The van der Waals surface area contributed by atoms with Crippen LogP contribution in [0.25, 0.3) is 16.9 Å². The lowest BCUT2D eigenvalue weighted by molar-refractivity contribution is -0.108. The highest BCUT2D eigenvalue weighted by Crippen LogP contribution is 2.54. The van der Waals surface area contributed by atoms with E-state index in [0.717, 1.165) is 4.90 Å². The molecule has 1 N–H and O–H groups in total. The summed E-state index contributed by atoms with van der Waals surface area (Å²) in [6.07, 6.45) is 3.03. The second kappa shape index (κ2) is 8.50. The van der Waals surface area contributed by atoms with Crippen LogP contribution in [0.15, 0.2) is 42.7 Å². The molecule has 1 aromatic carbocycles. The van der Waals surface area contributed by atoms with Gasteiger partial charge in [-0.15, -0.1) is 0 Å². The van der Waals surface area contributed by atoms with Crippen molar-refractivity contribution in [2.45, 2.75) is 50.4 Å². The Balaban J connectivity index is 1.36. The Hall–Kier alpha value is -4.50. The highest BCUT2D eigenvalue weighted by atomic mass is 19.3. The fraction of sp³-hybridized carbons (Fsp3) is 0.345. The SMILES string of the molecule is [2H]C([2H])([2H])N1C(=O)c2cccc(OC(F)F)c2[C@H]2C[C@@H]1c1nn3ccc(-c4cnc(C5(O)CC(C)(C#N)C5)c(F)c4)nc3c12. The standard InChI is InChI=1S/C29H23F3N6O3/c1-28(13-33)11-29(40,12-28)24-17(30)8-14(10-34-24)18-6-7-38-25(35-18)22-16-9-19(23(22)36-38)37(2)26(39)15-4-3-5-20(21(15)16)41-27(31)32/h3-8,10,16,19,27,40H,9,11-12H2,1-2H3/t16-,19-,28?,29?/m1/s1/i2D3. The monoisotopic (exact) mass is 563 g/mol. The zero-order valence-electron chi connectivity index (χ0n) is 24.5. The van der Waals surface area contributed by atoms with Crippen molar-refractivity contribution in [2.75, 3.05) is 6.98 Å². The maximum absolute atomic E-state index is 15.3. The van der Waals surface area contributed by atoms with Gasteiger partial charge in [0.15, 0.2) is 5.65 Å². The minimum atomic E-state index is -3.19. The van der Waals surface area contributed by atoms with Gasteiger partial charge in [-0.1, -0.05) is 6.07 Å². The van der Waals surface area contributed by atoms with Crippen LogP contribution in [0.1, 0.15) is 75.1 Å². The molecule has 4 aromatic rings. The van der Waals surface area contributed by atoms with Gasteiger partial charge in [0.2, 0.25) is 0 Å². The lowest BCUT2D eigenvalue weighted by Crippen LogP contribution is -2.48. The van der Waals surface area contributed by atoms with E-state index in [1.807, 2.05) is 0 Å². The highest BCUT2D eigenvalue weighted by molar-refractivity contribution is 5.98. The second-order valence-electron chi connectivity index (χ2n) is 11.1. The van der Waals surface area contributed by atoms with E-state index in [9.17, 15) is 23.9 Å². The lowest BCUT2D eigenvalue weighted by atomic mass is 9.59. The predicted molar refractivity (Wildman–Crippen MR) is 137 cm³/mol. The second-order valence-corrected chi connectivity index (χ2v) is 11.1. The molecular weight excluding hydrogens is 537 g/mol. The number of halogens is 3. The third-order valence-electron chi connectivity index (χ3n) is 8.28. The molecule has 0 saturated heterocycles. The number of carbonyl (C=O) groups is 1. The van der Waals surface area contributed by atoms with E-state index in [-0.39, 0.29) is 64.4 Å². The van der Waals surface area contributed by atoms with E-state index in [2.05, 4.69) is 16.2 Å². The molecule has 3 aromatic heterocycles. The molecule has 9 nitrogen and oxygen atoms in total. The number of ether oxygens (including phenoxy) is 1. The molecule has 1 fully saturated rings. The normalized spacial score (nSPS) is 27.8. The number of nitriles is 1.